The van der Waals surface area contributed by atoms with Gasteiger partial charge in [-0.3, -0.25) is 14.4 Å². The summed E-state index contributed by atoms with van der Waals surface area (Å²) in [6, 6.07) is 1.32. The highest BCUT2D eigenvalue weighted by Crippen LogP contribution is 2.45. The molecule has 3 amide bonds. The molecule has 0 bridgehead atoms. The molecule has 146 valence electrons. The Balaban J connectivity index is 2.85. The molecule has 8 nitrogen and oxygen atoms in total. The van der Waals surface area contributed by atoms with E-state index in [1.54, 1.807) is 20.8 Å². The third-order valence-electron chi connectivity index (χ3n) is 3.96. The van der Waals surface area contributed by atoms with Crippen molar-refractivity contribution < 1.29 is 23.9 Å². The van der Waals surface area contributed by atoms with Gasteiger partial charge in [-0.2, -0.15) is 0 Å². The molecule has 1 saturated heterocycles. The van der Waals surface area contributed by atoms with Gasteiger partial charge < -0.3 is 15.8 Å². The number of hydrogen-bond acceptors (Lipinski definition) is 6. The monoisotopic (exact) mass is 395 g/mol. The van der Waals surface area contributed by atoms with Gasteiger partial charge in [-0.25, -0.2) is 9.69 Å². The van der Waals surface area contributed by atoms with E-state index in [9.17, 15) is 19.2 Å². The molecule has 1 aromatic rings. The summed E-state index contributed by atoms with van der Waals surface area (Å²) in [7, 11) is 0. The maximum atomic E-state index is 13.0. The Morgan fingerprint density at radius 3 is 2.22 bits per heavy atom. The SMILES string of the molecule is CC(=O)Nc1cc(N)c(C(=O)C(C)(C)C)c(N2C(=O)OC(C)(C)C2=O)c1Cl. The highest BCUT2D eigenvalue weighted by Gasteiger charge is 2.50. The molecule has 0 saturated carbocycles. The predicted molar refractivity (Wildman–Crippen MR) is 102 cm³/mol. The number of amides is 3. The number of nitrogen functional groups attached to an aromatic ring is 1. The van der Waals surface area contributed by atoms with E-state index in [4.69, 9.17) is 22.1 Å². The second-order valence-corrected chi connectivity index (χ2v) is 8.21. The summed E-state index contributed by atoms with van der Waals surface area (Å²) in [5.74, 6) is -1.55. The van der Waals surface area contributed by atoms with Crippen LogP contribution in [-0.2, 0) is 14.3 Å². The average Bonchev–Trinajstić information content (AvgIpc) is 2.68. The number of ketones is 1. The highest BCUT2D eigenvalue weighted by atomic mass is 35.5. The van der Waals surface area contributed by atoms with E-state index in [1.165, 1.54) is 26.8 Å². The predicted octanol–water partition coefficient (Wildman–Crippen LogP) is 3.37. The van der Waals surface area contributed by atoms with Crippen molar-refractivity contribution >= 4 is 52.4 Å². The van der Waals surface area contributed by atoms with Crippen LogP contribution in [0.25, 0.3) is 0 Å². The molecular weight excluding hydrogens is 374 g/mol. The minimum atomic E-state index is -1.43. The van der Waals surface area contributed by atoms with Crippen LogP contribution >= 0.6 is 11.6 Å². The molecule has 1 heterocycles. The summed E-state index contributed by atoms with van der Waals surface area (Å²) in [6.07, 6.45) is -0.978. The summed E-state index contributed by atoms with van der Waals surface area (Å²) >= 11 is 6.40. The van der Waals surface area contributed by atoms with Gasteiger partial charge in [-0.1, -0.05) is 32.4 Å². The minimum Gasteiger partial charge on any atom is -0.433 e. The number of ether oxygens (including phenoxy) is 1. The fourth-order valence-electron chi connectivity index (χ4n) is 2.62. The lowest BCUT2D eigenvalue weighted by atomic mass is 9.84. The number of anilines is 3. The van der Waals surface area contributed by atoms with Crippen LogP contribution in [0.2, 0.25) is 5.02 Å². The van der Waals surface area contributed by atoms with Crippen LogP contribution < -0.4 is 16.0 Å². The lowest BCUT2D eigenvalue weighted by Gasteiger charge is -2.25. The number of carbonyl (C=O) groups excluding carboxylic acids is 4. The van der Waals surface area contributed by atoms with Crippen molar-refractivity contribution in [2.24, 2.45) is 5.41 Å². The van der Waals surface area contributed by atoms with Gasteiger partial charge in [0.2, 0.25) is 5.91 Å². The first-order valence-electron chi connectivity index (χ1n) is 8.20. The molecule has 2 rings (SSSR count). The van der Waals surface area contributed by atoms with Crippen LogP contribution in [-0.4, -0.2) is 29.3 Å². The van der Waals surface area contributed by atoms with Gasteiger partial charge in [0, 0.05) is 18.0 Å². The molecule has 0 spiro atoms. The Kier molecular flexibility index (Phi) is 5.00. The van der Waals surface area contributed by atoms with Gasteiger partial charge in [0.1, 0.15) is 0 Å². The molecule has 3 N–H and O–H groups in total. The zero-order valence-corrected chi connectivity index (χ0v) is 16.8. The molecule has 1 aromatic carbocycles. The Morgan fingerprint density at radius 2 is 1.81 bits per heavy atom. The van der Waals surface area contributed by atoms with Crippen LogP contribution in [0.3, 0.4) is 0 Å². The number of halogens is 1. The Labute approximate surface area is 162 Å². The number of carbonyl (C=O) groups is 4. The molecule has 0 atom stereocenters. The topological polar surface area (TPSA) is 119 Å². The van der Waals surface area contributed by atoms with E-state index in [0.29, 0.717) is 4.90 Å². The lowest BCUT2D eigenvalue weighted by Crippen LogP contribution is -2.38. The standard InChI is InChI=1S/C18H22ClN3O5/c1-8(23)21-10-7-9(20)11(14(24)17(2,3)4)13(12(10)19)22-15(25)18(5,6)27-16(22)26/h7H,20H2,1-6H3,(H,21,23). The maximum Gasteiger partial charge on any atom is 0.422 e. The quantitative estimate of drug-likeness (QED) is 0.598. The Bertz CT molecular complexity index is 871. The zero-order chi connectivity index (χ0) is 20.9. The molecule has 9 heteroatoms. The van der Waals surface area contributed by atoms with Gasteiger partial charge in [-0.15, -0.1) is 0 Å². The van der Waals surface area contributed by atoms with Crippen molar-refractivity contribution in [3.8, 4) is 0 Å². The van der Waals surface area contributed by atoms with Crippen LogP contribution in [0.1, 0.15) is 51.9 Å². The van der Waals surface area contributed by atoms with E-state index < -0.39 is 34.7 Å². The number of imide groups is 1. The van der Waals surface area contributed by atoms with E-state index in [2.05, 4.69) is 5.32 Å². The third kappa shape index (κ3) is 3.62. The van der Waals surface area contributed by atoms with Crippen LogP contribution in [0.4, 0.5) is 21.9 Å². The van der Waals surface area contributed by atoms with Crippen LogP contribution in [0.5, 0.6) is 0 Å². The molecule has 1 fully saturated rings. The van der Waals surface area contributed by atoms with E-state index >= 15 is 0 Å². The fourth-order valence-corrected chi connectivity index (χ4v) is 2.90. The van der Waals surface area contributed by atoms with Crippen molar-refractivity contribution in [2.75, 3.05) is 16.0 Å². The molecule has 0 aromatic heterocycles. The summed E-state index contributed by atoms with van der Waals surface area (Å²) in [6.45, 7) is 9.12. The smallest absolute Gasteiger partial charge is 0.422 e. The first-order chi connectivity index (χ1) is 12.2. The number of rotatable bonds is 3. The number of Topliss-reactive ketones (excluding diaryl/α,β-unsaturated/α-hetero) is 1. The Morgan fingerprint density at radius 1 is 1.26 bits per heavy atom. The number of nitrogens with zero attached hydrogens (tertiary/aromatic N) is 1. The van der Waals surface area contributed by atoms with Crippen molar-refractivity contribution in [2.45, 2.75) is 47.1 Å². The van der Waals surface area contributed by atoms with Crippen LogP contribution in [0.15, 0.2) is 6.07 Å². The van der Waals surface area contributed by atoms with Crippen molar-refractivity contribution in [3.05, 3.63) is 16.7 Å². The fraction of sp³-hybridized carbons (Fsp3) is 0.444. The van der Waals surface area contributed by atoms with Crippen molar-refractivity contribution in [3.63, 3.8) is 0 Å². The second-order valence-electron chi connectivity index (χ2n) is 7.83. The minimum absolute atomic E-state index is 0.0246. The van der Waals surface area contributed by atoms with Gasteiger partial charge in [-0.05, 0) is 19.9 Å². The van der Waals surface area contributed by atoms with Gasteiger partial charge >= 0.3 is 6.09 Å². The lowest BCUT2D eigenvalue weighted by molar-refractivity contribution is -0.127. The Hall–Kier alpha value is -2.61. The first-order valence-corrected chi connectivity index (χ1v) is 8.58. The molecule has 0 radical (unpaired) electrons. The van der Waals surface area contributed by atoms with Crippen LogP contribution in [0, 0.1) is 5.41 Å². The summed E-state index contributed by atoms with van der Waals surface area (Å²) in [5.41, 5.74) is 3.55. The van der Waals surface area contributed by atoms with Gasteiger partial charge in [0.05, 0.1) is 22.0 Å². The van der Waals surface area contributed by atoms with E-state index in [-0.39, 0.29) is 27.6 Å². The van der Waals surface area contributed by atoms with Gasteiger partial charge in [0.25, 0.3) is 5.91 Å². The molecule has 0 unspecified atom stereocenters. The maximum absolute atomic E-state index is 13.0. The summed E-state index contributed by atoms with van der Waals surface area (Å²) < 4.78 is 5.10. The first kappa shape index (κ1) is 20.7. The van der Waals surface area contributed by atoms with E-state index in [1.807, 2.05) is 0 Å². The molecule has 0 aliphatic carbocycles. The zero-order valence-electron chi connectivity index (χ0n) is 16.0. The number of nitrogens with two attached hydrogens (primary N) is 1. The number of hydrogen-bond donors (Lipinski definition) is 2. The third-order valence-corrected chi connectivity index (χ3v) is 4.34. The number of cyclic esters (lactones) is 1. The average molecular weight is 396 g/mol. The number of nitrogens with one attached hydrogen (secondary N) is 1. The van der Waals surface area contributed by atoms with Gasteiger partial charge in [0.15, 0.2) is 11.4 Å². The summed E-state index contributed by atoms with van der Waals surface area (Å²) in [5, 5.41) is 2.32. The second kappa shape index (κ2) is 6.53. The molecule has 27 heavy (non-hydrogen) atoms. The summed E-state index contributed by atoms with van der Waals surface area (Å²) in [4.78, 5) is 50.3. The highest BCUT2D eigenvalue weighted by molar-refractivity contribution is 6.40. The molecular formula is C18H22ClN3O5. The van der Waals surface area contributed by atoms with Crippen molar-refractivity contribution in [1.82, 2.24) is 0 Å². The normalized spacial score (nSPS) is 16.3. The molecule has 1 aliphatic rings. The van der Waals surface area contributed by atoms with Crippen molar-refractivity contribution in [1.29, 1.82) is 0 Å². The largest absolute Gasteiger partial charge is 0.433 e. The van der Waals surface area contributed by atoms with E-state index in [0.717, 1.165) is 0 Å². The number of benzene rings is 1. The molecule has 1 aliphatic heterocycles.